The molecule has 144 valence electrons. The Balaban J connectivity index is 1.63. The molecular weight excluding hydrogens is 328 g/mol. The van der Waals surface area contributed by atoms with E-state index in [1.807, 2.05) is 36.9 Å². The smallest absolute Gasteiger partial charge is 0.236 e. The van der Waals surface area contributed by atoms with Crippen LogP contribution in [0.5, 0.6) is 0 Å². The zero-order valence-corrected chi connectivity index (χ0v) is 16.0. The van der Waals surface area contributed by atoms with Crippen LogP contribution in [0.2, 0.25) is 0 Å². The van der Waals surface area contributed by atoms with E-state index in [-0.39, 0.29) is 11.8 Å². The number of nitrogens with zero attached hydrogens (tertiary/aromatic N) is 2. The normalized spacial score (nSPS) is 15.8. The molecule has 0 aromatic heterocycles. The Morgan fingerprint density at radius 1 is 1.12 bits per heavy atom. The molecule has 6 nitrogen and oxygen atoms in total. The number of benzene rings is 1. The summed E-state index contributed by atoms with van der Waals surface area (Å²) in [4.78, 5) is 28.4. The molecule has 0 saturated carbocycles. The monoisotopic (exact) mass is 360 g/mol. The number of amides is 2. The highest BCUT2D eigenvalue weighted by Gasteiger charge is 2.21. The van der Waals surface area contributed by atoms with Crippen molar-refractivity contribution in [2.45, 2.75) is 39.2 Å². The number of carbonyl (C=O) groups is 2. The summed E-state index contributed by atoms with van der Waals surface area (Å²) in [5, 5.41) is 2.83. The Hall–Kier alpha value is -2.08. The molecule has 0 aliphatic carbocycles. The van der Waals surface area contributed by atoms with Crippen LogP contribution in [0.1, 0.15) is 33.1 Å². The quantitative estimate of drug-likeness (QED) is 0.690. The topological polar surface area (TPSA) is 78.7 Å². The first-order chi connectivity index (χ1) is 12.5. The van der Waals surface area contributed by atoms with Gasteiger partial charge in [-0.2, -0.15) is 0 Å². The maximum Gasteiger partial charge on any atom is 0.236 e. The number of carbonyl (C=O) groups excluding carboxylic acids is 2. The van der Waals surface area contributed by atoms with E-state index < -0.39 is 6.04 Å². The van der Waals surface area contributed by atoms with Crippen molar-refractivity contribution in [3.05, 3.63) is 30.3 Å². The summed E-state index contributed by atoms with van der Waals surface area (Å²) in [5.41, 5.74) is 7.05. The summed E-state index contributed by atoms with van der Waals surface area (Å²) in [7, 11) is 0. The number of para-hydroxylation sites is 1. The van der Waals surface area contributed by atoms with Crippen molar-refractivity contribution >= 4 is 17.5 Å². The van der Waals surface area contributed by atoms with Gasteiger partial charge in [0.25, 0.3) is 0 Å². The average Bonchev–Trinajstić information content (AvgIpc) is 2.65. The largest absolute Gasteiger partial charge is 0.368 e. The van der Waals surface area contributed by atoms with Gasteiger partial charge in [-0.1, -0.05) is 32.0 Å². The van der Waals surface area contributed by atoms with Gasteiger partial charge in [0.15, 0.2) is 0 Å². The molecule has 1 heterocycles. The van der Waals surface area contributed by atoms with Crippen molar-refractivity contribution in [1.82, 2.24) is 10.2 Å². The number of hydrogen-bond acceptors (Lipinski definition) is 4. The summed E-state index contributed by atoms with van der Waals surface area (Å²) in [6.45, 7) is 7.80. The maximum absolute atomic E-state index is 12.3. The van der Waals surface area contributed by atoms with Crippen molar-refractivity contribution in [3.63, 3.8) is 0 Å². The number of nitrogens with one attached hydrogen (secondary N) is 1. The molecule has 2 rings (SSSR count). The van der Waals surface area contributed by atoms with Gasteiger partial charge in [0.2, 0.25) is 11.8 Å². The highest BCUT2D eigenvalue weighted by Crippen LogP contribution is 2.16. The van der Waals surface area contributed by atoms with E-state index in [4.69, 9.17) is 5.73 Å². The third-order valence-electron chi connectivity index (χ3n) is 4.68. The van der Waals surface area contributed by atoms with E-state index in [1.54, 1.807) is 0 Å². The molecule has 3 N–H and O–H groups in total. The van der Waals surface area contributed by atoms with Crippen LogP contribution < -0.4 is 16.0 Å². The number of piperazine rings is 1. The minimum absolute atomic E-state index is 0.123. The molecule has 1 saturated heterocycles. The minimum atomic E-state index is -0.461. The van der Waals surface area contributed by atoms with Gasteiger partial charge in [0, 0.05) is 44.8 Å². The summed E-state index contributed by atoms with van der Waals surface area (Å²) >= 11 is 0. The number of hydrogen-bond donors (Lipinski definition) is 2. The van der Waals surface area contributed by atoms with E-state index >= 15 is 0 Å². The van der Waals surface area contributed by atoms with E-state index in [1.165, 1.54) is 5.69 Å². The summed E-state index contributed by atoms with van der Waals surface area (Å²) < 4.78 is 0. The van der Waals surface area contributed by atoms with Gasteiger partial charge in [-0.3, -0.25) is 9.59 Å². The molecule has 1 aromatic carbocycles. The lowest BCUT2D eigenvalue weighted by atomic mass is 10.0. The molecule has 0 radical (unpaired) electrons. The van der Waals surface area contributed by atoms with Crippen molar-refractivity contribution < 1.29 is 9.59 Å². The Labute approximate surface area is 156 Å². The predicted octanol–water partition coefficient (Wildman–Crippen LogP) is 1.61. The fourth-order valence-corrected chi connectivity index (χ4v) is 3.21. The lowest BCUT2D eigenvalue weighted by molar-refractivity contribution is -0.131. The molecule has 26 heavy (non-hydrogen) atoms. The van der Waals surface area contributed by atoms with E-state index in [0.29, 0.717) is 31.7 Å². The van der Waals surface area contributed by atoms with Crippen molar-refractivity contribution in [2.75, 3.05) is 37.6 Å². The second kappa shape index (κ2) is 10.2. The SMILES string of the molecule is CC(C)C[C@H](N)C(=O)NCCCC(=O)N1CCN(c2ccccc2)CC1. The van der Waals surface area contributed by atoms with Crippen LogP contribution in [-0.2, 0) is 9.59 Å². The van der Waals surface area contributed by atoms with Crippen LogP contribution in [0.25, 0.3) is 0 Å². The second-order valence-electron chi connectivity index (χ2n) is 7.33. The van der Waals surface area contributed by atoms with Crippen LogP contribution >= 0.6 is 0 Å². The average molecular weight is 361 g/mol. The zero-order valence-electron chi connectivity index (χ0n) is 16.0. The molecule has 0 spiro atoms. The van der Waals surface area contributed by atoms with Gasteiger partial charge in [-0.15, -0.1) is 0 Å². The van der Waals surface area contributed by atoms with Gasteiger partial charge in [-0.05, 0) is 30.9 Å². The van der Waals surface area contributed by atoms with Crippen LogP contribution in [0.3, 0.4) is 0 Å². The van der Waals surface area contributed by atoms with Crippen LogP contribution in [0, 0.1) is 5.92 Å². The molecule has 2 amide bonds. The minimum Gasteiger partial charge on any atom is -0.368 e. The lowest BCUT2D eigenvalue weighted by Crippen LogP contribution is -2.49. The number of rotatable bonds is 8. The highest BCUT2D eigenvalue weighted by molar-refractivity contribution is 5.81. The van der Waals surface area contributed by atoms with Gasteiger partial charge >= 0.3 is 0 Å². The third-order valence-corrected chi connectivity index (χ3v) is 4.68. The molecule has 1 fully saturated rings. The Morgan fingerprint density at radius 2 is 1.77 bits per heavy atom. The molecule has 0 bridgehead atoms. The van der Waals surface area contributed by atoms with Crippen molar-refractivity contribution in [1.29, 1.82) is 0 Å². The molecule has 1 aliphatic heterocycles. The fraction of sp³-hybridized carbons (Fsp3) is 0.600. The Morgan fingerprint density at radius 3 is 2.38 bits per heavy atom. The fourth-order valence-electron chi connectivity index (χ4n) is 3.21. The first kappa shape index (κ1) is 20.2. The lowest BCUT2D eigenvalue weighted by Gasteiger charge is -2.36. The molecular formula is C20H32N4O2. The summed E-state index contributed by atoms with van der Waals surface area (Å²) in [6.07, 6.45) is 1.79. The van der Waals surface area contributed by atoms with E-state index in [0.717, 1.165) is 26.2 Å². The van der Waals surface area contributed by atoms with Crippen LogP contribution in [0.4, 0.5) is 5.69 Å². The van der Waals surface area contributed by atoms with Crippen LogP contribution in [0.15, 0.2) is 30.3 Å². The molecule has 0 unspecified atom stereocenters. The number of nitrogens with two attached hydrogens (primary N) is 1. The highest BCUT2D eigenvalue weighted by atomic mass is 16.2. The standard InChI is InChI=1S/C20H32N4O2/c1-16(2)15-18(21)20(26)22-10-6-9-19(25)24-13-11-23(12-14-24)17-7-4-3-5-8-17/h3-5,7-8,16,18H,6,9-15,21H2,1-2H3,(H,22,26)/t18-/m0/s1. The van der Waals surface area contributed by atoms with E-state index in [2.05, 4.69) is 22.3 Å². The summed E-state index contributed by atoms with van der Waals surface area (Å²) in [5.74, 6) is 0.438. The van der Waals surface area contributed by atoms with Gasteiger partial charge < -0.3 is 20.9 Å². The first-order valence-electron chi connectivity index (χ1n) is 9.58. The predicted molar refractivity (Wildman–Crippen MR) is 105 cm³/mol. The molecule has 6 heteroatoms. The van der Waals surface area contributed by atoms with Crippen molar-refractivity contribution in [2.24, 2.45) is 11.7 Å². The van der Waals surface area contributed by atoms with Crippen molar-refractivity contribution in [3.8, 4) is 0 Å². The third kappa shape index (κ3) is 6.33. The molecule has 1 atom stereocenters. The van der Waals surface area contributed by atoms with Gasteiger partial charge in [0.1, 0.15) is 0 Å². The van der Waals surface area contributed by atoms with Gasteiger partial charge in [-0.25, -0.2) is 0 Å². The molecule has 1 aliphatic rings. The van der Waals surface area contributed by atoms with E-state index in [9.17, 15) is 9.59 Å². The maximum atomic E-state index is 12.3. The zero-order chi connectivity index (χ0) is 18.9. The Kier molecular flexibility index (Phi) is 7.91. The number of anilines is 1. The second-order valence-corrected chi connectivity index (χ2v) is 7.33. The van der Waals surface area contributed by atoms with Gasteiger partial charge in [0.05, 0.1) is 6.04 Å². The first-order valence-corrected chi connectivity index (χ1v) is 9.58. The Bertz CT molecular complexity index is 568. The molecule has 1 aromatic rings. The summed E-state index contributed by atoms with van der Waals surface area (Å²) in [6, 6.07) is 9.82. The van der Waals surface area contributed by atoms with Crippen LogP contribution in [-0.4, -0.2) is 55.5 Å².